The van der Waals surface area contributed by atoms with Crippen molar-refractivity contribution in [2.45, 2.75) is 76.8 Å². The molecule has 0 aromatic heterocycles. The number of ether oxygens (including phenoxy) is 1. The van der Waals surface area contributed by atoms with E-state index in [1.54, 1.807) is 6.07 Å². The monoisotopic (exact) mass is 475 g/mol. The minimum absolute atomic E-state index is 0.118. The van der Waals surface area contributed by atoms with Crippen LogP contribution in [0, 0.1) is 22.7 Å². The van der Waals surface area contributed by atoms with Crippen LogP contribution in [0.4, 0.5) is 0 Å². The standard InChI is InChI=1S/C24H30BrNO4/c1-12-5-6-18-22(2,3)8-13(25)9-24(18)23(12,4)10-16-15(21(28)29)7-14-17(19(16)30-24)11-26-20(14)27/h7,12-13,18H,5-6,8-11H2,1-4H3,(H,26,27)(H,28,29)/t12-,13?,18-,23+,24-/m0/s1. The quantitative estimate of drug-likeness (QED) is 0.564. The van der Waals surface area contributed by atoms with Crippen molar-refractivity contribution in [2.75, 3.05) is 0 Å². The molecule has 1 aromatic carbocycles. The van der Waals surface area contributed by atoms with Crippen molar-refractivity contribution in [3.8, 4) is 5.75 Å². The second-order valence-corrected chi connectivity index (χ2v) is 12.2. The maximum atomic E-state index is 12.4. The lowest BCUT2D eigenvalue weighted by Gasteiger charge is -2.67. The van der Waals surface area contributed by atoms with Crippen molar-refractivity contribution in [1.82, 2.24) is 5.32 Å². The number of carboxylic acids is 1. The topological polar surface area (TPSA) is 75.6 Å². The first kappa shape index (κ1) is 20.3. The molecule has 2 aliphatic carbocycles. The highest BCUT2D eigenvalue weighted by atomic mass is 79.9. The number of carbonyl (C=O) groups is 2. The first-order chi connectivity index (χ1) is 14.0. The van der Waals surface area contributed by atoms with Crippen LogP contribution in [-0.2, 0) is 13.0 Å². The normalized spacial score (nSPS) is 38.4. The lowest BCUT2D eigenvalue weighted by atomic mass is 9.44. The van der Waals surface area contributed by atoms with Crippen LogP contribution in [0.5, 0.6) is 5.75 Å². The van der Waals surface area contributed by atoms with E-state index < -0.39 is 5.97 Å². The van der Waals surface area contributed by atoms with E-state index in [0.717, 1.165) is 36.8 Å². The van der Waals surface area contributed by atoms with E-state index in [-0.39, 0.29) is 27.9 Å². The molecule has 30 heavy (non-hydrogen) atoms. The Morgan fingerprint density at radius 1 is 1.23 bits per heavy atom. The zero-order chi connectivity index (χ0) is 21.6. The van der Waals surface area contributed by atoms with Crippen molar-refractivity contribution >= 4 is 27.8 Å². The van der Waals surface area contributed by atoms with Gasteiger partial charge in [0.05, 0.1) is 5.56 Å². The van der Waals surface area contributed by atoms with E-state index in [1.165, 1.54) is 0 Å². The molecule has 1 amide bonds. The Labute approximate surface area is 186 Å². The van der Waals surface area contributed by atoms with E-state index in [4.69, 9.17) is 4.74 Å². The molecule has 1 unspecified atom stereocenters. The second-order valence-electron chi connectivity index (χ2n) is 10.9. The van der Waals surface area contributed by atoms with Crippen molar-refractivity contribution in [2.24, 2.45) is 22.7 Å². The molecule has 5 atom stereocenters. The number of nitrogens with one attached hydrogen (secondary N) is 1. The molecule has 1 aromatic rings. The molecule has 2 heterocycles. The third kappa shape index (κ3) is 2.46. The van der Waals surface area contributed by atoms with E-state index in [2.05, 4.69) is 48.9 Å². The first-order valence-corrected chi connectivity index (χ1v) is 11.9. The molecule has 0 saturated heterocycles. The van der Waals surface area contributed by atoms with E-state index in [9.17, 15) is 14.7 Å². The number of aromatic carboxylic acids is 1. The highest BCUT2D eigenvalue weighted by Gasteiger charge is 2.67. The van der Waals surface area contributed by atoms with Crippen molar-refractivity contribution in [3.05, 3.63) is 28.3 Å². The number of hydrogen-bond donors (Lipinski definition) is 2. The maximum absolute atomic E-state index is 12.4. The van der Waals surface area contributed by atoms with Gasteiger partial charge in [0.1, 0.15) is 11.4 Å². The van der Waals surface area contributed by atoms with Crippen molar-refractivity contribution in [3.63, 3.8) is 0 Å². The van der Waals surface area contributed by atoms with Crippen LogP contribution in [0.3, 0.4) is 0 Å². The number of rotatable bonds is 1. The minimum atomic E-state index is -0.987. The van der Waals surface area contributed by atoms with Crippen LogP contribution in [0.1, 0.15) is 85.2 Å². The summed E-state index contributed by atoms with van der Waals surface area (Å²) in [5.41, 5.74) is 1.86. The molecule has 2 N–H and O–H groups in total. The Hall–Kier alpha value is -1.56. The Balaban J connectivity index is 1.78. The van der Waals surface area contributed by atoms with Crippen molar-refractivity contribution in [1.29, 1.82) is 0 Å². The predicted octanol–water partition coefficient (Wildman–Crippen LogP) is 4.94. The van der Waals surface area contributed by atoms with Crippen LogP contribution in [0.25, 0.3) is 0 Å². The molecule has 162 valence electrons. The second kappa shape index (κ2) is 6.24. The number of alkyl halides is 1. The van der Waals surface area contributed by atoms with Crippen LogP contribution in [0.2, 0.25) is 0 Å². The number of fused-ring (bicyclic) bond motifs is 3. The summed E-state index contributed by atoms with van der Waals surface area (Å²) >= 11 is 3.94. The average molecular weight is 476 g/mol. The van der Waals surface area contributed by atoms with E-state index in [0.29, 0.717) is 40.9 Å². The van der Waals surface area contributed by atoms with Crippen LogP contribution in [-0.4, -0.2) is 27.4 Å². The summed E-state index contributed by atoms with van der Waals surface area (Å²) in [6.45, 7) is 9.73. The fourth-order valence-corrected chi connectivity index (χ4v) is 8.59. The van der Waals surface area contributed by atoms with Crippen LogP contribution < -0.4 is 10.1 Å². The molecule has 5 rings (SSSR count). The molecular formula is C24H30BrNO4. The van der Waals surface area contributed by atoms with Gasteiger partial charge in [0, 0.05) is 45.8 Å². The molecule has 0 radical (unpaired) electrons. The van der Waals surface area contributed by atoms with Gasteiger partial charge in [-0.25, -0.2) is 4.79 Å². The number of carboxylic acid groups (broad SMARTS) is 1. The molecule has 2 saturated carbocycles. The lowest BCUT2D eigenvalue weighted by Crippen LogP contribution is -2.69. The molecule has 0 bridgehead atoms. The molecule has 2 fully saturated rings. The fourth-order valence-electron chi connectivity index (χ4n) is 7.27. The van der Waals surface area contributed by atoms with Gasteiger partial charge >= 0.3 is 5.97 Å². The molecule has 2 aliphatic heterocycles. The number of benzene rings is 1. The van der Waals surface area contributed by atoms with Gasteiger partial charge in [0.2, 0.25) is 0 Å². The maximum Gasteiger partial charge on any atom is 0.336 e. The van der Waals surface area contributed by atoms with Gasteiger partial charge in [-0.15, -0.1) is 0 Å². The van der Waals surface area contributed by atoms with Gasteiger partial charge in [0.25, 0.3) is 5.91 Å². The van der Waals surface area contributed by atoms with E-state index in [1.807, 2.05) is 0 Å². The Kier molecular flexibility index (Phi) is 4.23. The minimum Gasteiger partial charge on any atom is -0.486 e. The van der Waals surface area contributed by atoms with Gasteiger partial charge in [-0.1, -0.05) is 43.6 Å². The van der Waals surface area contributed by atoms with Gasteiger partial charge < -0.3 is 15.2 Å². The van der Waals surface area contributed by atoms with Crippen LogP contribution in [0.15, 0.2) is 6.07 Å². The van der Waals surface area contributed by atoms with Gasteiger partial charge in [-0.3, -0.25) is 4.79 Å². The highest BCUT2D eigenvalue weighted by molar-refractivity contribution is 9.09. The summed E-state index contributed by atoms with van der Waals surface area (Å²) in [6, 6.07) is 1.56. The summed E-state index contributed by atoms with van der Waals surface area (Å²) in [4.78, 5) is 24.9. The molecule has 1 spiro atoms. The fraction of sp³-hybridized carbons (Fsp3) is 0.667. The highest BCUT2D eigenvalue weighted by Crippen LogP contribution is 2.67. The molecule has 5 nitrogen and oxygen atoms in total. The third-order valence-electron chi connectivity index (χ3n) is 8.94. The summed E-state index contributed by atoms with van der Waals surface area (Å²) in [5, 5.41) is 12.8. The van der Waals surface area contributed by atoms with Gasteiger partial charge in [-0.2, -0.15) is 0 Å². The SMILES string of the molecule is C[C@H]1CC[C@H]2C(C)(C)CC(Br)C[C@]23Oc2c(c(C(=O)O)cc4c2CNC4=O)C[C@]13C. The number of hydrogen-bond acceptors (Lipinski definition) is 3. The smallest absolute Gasteiger partial charge is 0.336 e. The Morgan fingerprint density at radius 2 is 1.97 bits per heavy atom. The zero-order valence-electron chi connectivity index (χ0n) is 18.1. The summed E-state index contributed by atoms with van der Waals surface area (Å²) in [7, 11) is 0. The summed E-state index contributed by atoms with van der Waals surface area (Å²) in [5.74, 6) is 0.282. The number of halogens is 1. The van der Waals surface area contributed by atoms with Gasteiger partial charge in [-0.05, 0) is 43.1 Å². The predicted molar refractivity (Wildman–Crippen MR) is 117 cm³/mol. The van der Waals surface area contributed by atoms with Crippen molar-refractivity contribution < 1.29 is 19.4 Å². The van der Waals surface area contributed by atoms with E-state index >= 15 is 0 Å². The largest absolute Gasteiger partial charge is 0.486 e. The van der Waals surface area contributed by atoms with Crippen LogP contribution >= 0.6 is 15.9 Å². The number of amides is 1. The zero-order valence-corrected chi connectivity index (χ0v) is 19.7. The third-order valence-corrected chi connectivity index (χ3v) is 9.58. The molecular weight excluding hydrogens is 446 g/mol. The lowest BCUT2D eigenvalue weighted by molar-refractivity contribution is -0.208. The first-order valence-electron chi connectivity index (χ1n) is 11.0. The Morgan fingerprint density at radius 3 is 2.67 bits per heavy atom. The Bertz CT molecular complexity index is 972. The average Bonchev–Trinajstić information content (AvgIpc) is 3.00. The number of carbonyl (C=O) groups excluding carboxylic acids is 1. The van der Waals surface area contributed by atoms with Gasteiger partial charge in [0.15, 0.2) is 0 Å². The summed E-state index contributed by atoms with van der Waals surface area (Å²) in [6.07, 6.45) is 4.95. The molecule has 6 heteroatoms. The molecule has 4 aliphatic rings. The summed E-state index contributed by atoms with van der Waals surface area (Å²) < 4.78 is 7.10.